The summed E-state index contributed by atoms with van der Waals surface area (Å²) >= 11 is 5.93. The van der Waals surface area contributed by atoms with E-state index in [1.165, 1.54) is 12.5 Å². The van der Waals surface area contributed by atoms with Crippen molar-refractivity contribution in [3.63, 3.8) is 0 Å². The van der Waals surface area contributed by atoms with Crippen molar-refractivity contribution in [1.29, 1.82) is 0 Å². The highest BCUT2D eigenvalue weighted by Gasteiger charge is 2.15. The molecule has 2 heterocycles. The summed E-state index contributed by atoms with van der Waals surface area (Å²) in [6.07, 6.45) is 3.63. The molecular weight excluding hydrogens is 328 g/mol. The first-order valence-electron chi connectivity index (χ1n) is 7.40. The van der Waals surface area contributed by atoms with Crippen LogP contribution in [-0.2, 0) is 6.42 Å². The molecule has 0 bridgehead atoms. The number of aromatic carboxylic acids is 1. The van der Waals surface area contributed by atoms with Gasteiger partial charge in [0.05, 0.1) is 0 Å². The summed E-state index contributed by atoms with van der Waals surface area (Å²) in [7, 11) is 0. The Bertz CT molecular complexity index is 903. The van der Waals surface area contributed by atoms with Crippen molar-refractivity contribution in [3.8, 4) is 17.2 Å². The van der Waals surface area contributed by atoms with Crippen LogP contribution in [-0.4, -0.2) is 30.6 Å². The Morgan fingerprint density at radius 3 is 2.54 bits per heavy atom. The predicted molar refractivity (Wildman–Crippen MR) is 90.7 cm³/mol. The minimum Gasteiger partial charge on any atom is -0.476 e. The van der Waals surface area contributed by atoms with Crippen molar-refractivity contribution in [2.45, 2.75) is 20.3 Å². The third-order valence-corrected chi connectivity index (χ3v) is 3.95. The molecule has 3 aromatic rings. The van der Waals surface area contributed by atoms with Crippen molar-refractivity contribution in [2.24, 2.45) is 0 Å². The Labute approximate surface area is 143 Å². The molecule has 0 spiro atoms. The van der Waals surface area contributed by atoms with E-state index in [-0.39, 0.29) is 5.69 Å². The first-order chi connectivity index (χ1) is 11.5. The number of hydrogen-bond acceptors (Lipinski definition) is 4. The van der Waals surface area contributed by atoms with E-state index >= 15 is 0 Å². The van der Waals surface area contributed by atoms with E-state index in [0.717, 1.165) is 23.2 Å². The first-order valence-corrected chi connectivity index (χ1v) is 7.78. The number of aromatic nitrogens is 4. The van der Waals surface area contributed by atoms with Crippen molar-refractivity contribution >= 4 is 17.6 Å². The lowest BCUT2D eigenvalue weighted by atomic mass is 10.1. The molecule has 0 aliphatic heterocycles. The number of hydrogen-bond donors (Lipinski definition) is 1. The molecule has 0 fully saturated rings. The summed E-state index contributed by atoms with van der Waals surface area (Å²) in [5.74, 6) is 0.118. The van der Waals surface area contributed by atoms with E-state index in [0.29, 0.717) is 16.7 Å². The fraction of sp³-hybridized carbons (Fsp3) is 0.176. The minimum absolute atomic E-state index is 0.0265. The molecule has 24 heavy (non-hydrogen) atoms. The normalized spacial score (nSPS) is 10.8. The number of rotatable bonds is 4. The molecule has 0 radical (unpaired) electrons. The van der Waals surface area contributed by atoms with Gasteiger partial charge in [-0.15, -0.1) is 0 Å². The fourth-order valence-electron chi connectivity index (χ4n) is 2.49. The van der Waals surface area contributed by atoms with E-state index in [1.807, 2.05) is 26.0 Å². The second-order valence-corrected chi connectivity index (χ2v) is 5.70. The number of imidazole rings is 1. The number of nitrogens with zero attached hydrogens (tertiary/aromatic N) is 4. The van der Waals surface area contributed by atoms with E-state index in [2.05, 4.69) is 15.0 Å². The van der Waals surface area contributed by atoms with Gasteiger partial charge in [-0.2, -0.15) is 0 Å². The molecule has 0 aliphatic rings. The zero-order valence-corrected chi connectivity index (χ0v) is 13.9. The molecule has 0 amide bonds. The minimum atomic E-state index is -1.07. The zero-order valence-electron chi connectivity index (χ0n) is 13.2. The van der Waals surface area contributed by atoms with Gasteiger partial charge in [0.15, 0.2) is 11.5 Å². The van der Waals surface area contributed by atoms with Gasteiger partial charge in [-0.25, -0.2) is 19.7 Å². The second-order valence-electron chi connectivity index (χ2n) is 5.27. The maximum Gasteiger partial charge on any atom is 0.356 e. The van der Waals surface area contributed by atoms with Crippen LogP contribution < -0.4 is 0 Å². The van der Waals surface area contributed by atoms with Crippen molar-refractivity contribution in [3.05, 3.63) is 58.8 Å². The molecule has 2 aromatic heterocycles. The van der Waals surface area contributed by atoms with Gasteiger partial charge in [0.1, 0.15) is 12.1 Å². The first kappa shape index (κ1) is 16.1. The Hall–Kier alpha value is -2.73. The largest absolute Gasteiger partial charge is 0.476 e. The number of aryl methyl sites for hydroxylation is 1. The molecule has 1 aromatic carbocycles. The summed E-state index contributed by atoms with van der Waals surface area (Å²) in [6, 6.07) is 7.26. The molecule has 122 valence electrons. The molecule has 0 saturated carbocycles. The third-order valence-electron chi connectivity index (χ3n) is 3.69. The summed E-state index contributed by atoms with van der Waals surface area (Å²) in [4.78, 5) is 24.2. The van der Waals surface area contributed by atoms with Gasteiger partial charge < -0.3 is 5.11 Å². The number of halogens is 1. The number of carboxylic acids is 1. The Balaban J connectivity index is 2.16. The maximum atomic E-state index is 11.1. The average Bonchev–Trinajstić information content (AvgIpc) is 3.05. The summed E-state index contributed by atoms with van der Waals surface area (Å²) in [5, 5.41) is 9.70. The second kappa shape index (κ2) is 6.41. The number of carboxylic acid groups (broad SMARTS) is 1. The number of benzene rings is 1. The molecule has 3 rings (SSSR count). The summed E-state index contributed by atoms with van der Waals surface area (Å²) in [5.41, 5.74) is 2.60. The molecule has 0 unspecified atom stereocenters. The van der Waals surface area contributed by atoms with Crippen molar-refractivity contribution in [1.82, 2.24) is 19.5 Å². The van der Waals surface area contributed by atoms with Gasteiger partial charge in [0.2, 0.25) is 0 Å². The van der Waals surface area contributed by atoms with E-state index in [9.17, 15) is 4.79 Å². The maximum absolute atomic E-state index is 11.1. The molecule has 0 aliphatic carbocycles. The highest BCUT2D eigenvalue weighted by atomic mass is 35.5. The third kappa shape index (κ3) is 3.00. The quantitative estimate of drug-likeness (QED) is 0.784. The van der Waals surface area contributed by atoms with Crippen LogP contribution >= 0.6 is 11.6 Å². The highest BCUT2D eigenvalue weighted by Crippen LogP contribution is 2.23. The Morgan fingerprint density at radius 1 is 1.25 bits per heavy atom. The molecule has 1 N–H and O–H groups in total. The standard InChI is InChI=1S/C17H15ClN4O2/c1-3-13-10(2)20-15(11-4-6-12(18)7-5-11)21-16(13)22-8-14(17(23)24)19-9-22/h4-9H,3H2,1-2H3,(H,23,24). The van der Waals surface area contributed by atoms with Crippen LogP contribution in [0.1, 0.15) is 28.7 Å². The van der Waals surface area contributed by atoms with Crippen LogP contribution in [0.15, 0.2) is 36.8 Å². The summed E-state index contributed by atoms with van der Waals surface area (Å²) < 4.78 is 1.62. The predicted octanol–water partition coefficient (Wildman–Crippen LogP) is 3.55. The van der Waals surface area contributed by atoms with Gasteiger partial charge in [-0.1, -0.05) is 18.5 Å². The van der Waals surface area contributed by atoms with E-state index < -0.39 is 5.97 Å². The van der Waals surface area contributed by atoms with E-state index in [1.54, 1.807) is 16.7 Å². The Kier molecular flexibility index (Phi) is 4.31. The van der Waals surface area contributed by atoms with Gasteiger partial charge in [0, 0.05) is 28.0 Å². The molecule has 0 atom stereocenters. The van der Waals surface area contributed by atoms with Crippen molar-refractivity contribution < 1.29 is 9.90 Å². The van der Waals surface area contributed by atoms with Crippen molar-refractivity contribution in [2.75, 3.05) is 0 Å². The number of carbonyl (C=O) groups is 1. The molecular formula is C17H15ClN4O2. The molecule has 0 saturated heterocycles. The summed E-state index contributed by atoms with van der Waals surface area (Å²) in [6.45, 7) is 3.92. The van der Waals surface area contributed by atoms with Crippen LogP contribution in [0.5, 0.6) is 0 Å². The monoisotopic (exact) mass is 342 g/mol. The lowest BCUT2D eigenvalue weighted by Crippen LogP contribution is -2.07. The smallest absolute Gasteiger partial charge is 0.356 e. The van der Waals surface area contributed by atoms with E-state index in [4.69, 9.17) is 16.7 Å². The van der Waals surface area contributed by atoms with Crippen LogP contribution in [0.4, 0.5) is 0 Å². The zero-order chi connectivity index (χ0) is 17.3. The van der Waals surface area contributed by atoms with Gasteiger partial charge in [0.25, 0.3) is 0 Å². The van der Waals surface area contributed by atoms with Crippen LogP contribution in [0.2, 0.25) is 5.02 Å². The SMILES string of the molecule is CCc1c(C)nc(-c2ccc(Cl)cc2)nc1-n1cnc(C(=O)O)c1. The van der Waals surface area contributed by atoms with Gasteiger partial charge in [-0.05, 0) is 37.6 Å². The molecule has 6 nitrogen and oxygen atoms in total. The lowest BCUT2D eigenvalue weighted by Gasteiger charge is -2.12. The van der Waals surface area contributed by atoms with Crippen LogP contribution in [0.3, 0.4) is 0 Å². The topological polar surface area (TPSA) is 80.9 Å². The Morgan fingerprint density at radius 2 is 1.96 bits per heavy atom. The molecule has 7 heteroatoms. The lowest BCUT2D eigenvalue weighted by molar-refractivity contribution is 0.0691. The van der Waals surface area contributed by atoms with Crippen LogP contribution in [0.25, 0.3) is 17.2 Å². The van der Waals surface area contributed by atoms with Crippen LogP contribution in [0, 0.1) is 6.92 Å². The average molecular weight is 343 g/mol. The van der Waals surface area contributed by atoms with Gasteiger partial charge >= 0.3 is 5.97 Å². The van der Waals surface area contributed by atoms with Gasteiger partial charge in [-0.3, -0.25) is 4.57 Å². The highest BCUT2D eigenvalue weighted by molar-refractivity contribution is 6.30. The fourth-order valence-corrected chi connectivity index (χ4v) is 2.61.